The summed E-state index contributed by atoms with van der Waals surface area (Å²) in [5.74, 6) is -0.375. The van der Waals surface area contributed by atoms with E-state index in [-0.39, 0.29) is 12.6 Å². The first-order valence-corrected chi connectivity index (χ1v) is 4.51. The molecule has 1 N–H and O–H groups in total. The van der Waals surface area contributed by atoms with E-state index in [1.54, 1.807) is 6.92 Å². The van der Waals surface area contributed by atoms with Crippen LogP contribution in [0.3, 0.4) is 0 Å². The van der Waals surface area contributed by atoms with Crippen molar-refractivity contribution in [1.82, 2.24) is 0 Å². The van der Waals surface area contributed by atoms with E-state index in [9.17, 15) is 4.79 Å². The third-order valence-corrected chi connectivity index (χ3v) is 1.53. The van der Waals surface area contributed by atoms with Crippen LogP contribution in [-0.2, 0) is 9.53 Å². The maximum absolute atomic E-state index is 10.9. The maximum Gasteiger partial charge on any atom is 0.333 e. The summed E-state index contributed by atoms with van der Waals surface area (Å²) in [6.07, 6.45) is 0.596. The Morgan fingerprint density at radius 3 is 2.64 bits per heavy atom. The number of aliphatic hydroxyl groups excluding tert-OH is 1. The largest absolute Gasteiger partial charge is 0.462 e. The number of rotatable bonds is 6. The summed E-state index contributed by atoms with van der Waals surface area (Å²) in [5, 5.41) is 8.50. The number of carbonyl (C=O) groups is 1. The van der Waals surface area contributed by atoms with Crippen LogP contribution in [0.15, 0.2) is 17.1 Å². The molecule has 0 aliphatic heterocycles. The van der Waals surface area contributed by atoms with E-state index in [1.165, 1.54) is 0 Å². The van der Waals surface area contributed by atoms with Crippen LogP contribution >= 0.6 is 0 Å². The number of nitrogens with zero attached hydrogens (tertiary/aromatic N) is 1. The van der Waals surface area contributed by atoms with Gasteiger partial charge in [0.25, 0.3) is 0 Å². The molecule has 0 fully saturated rings. The molecule has 14 heavy (non-hydrogen) atoms. The van der Waals surface area contributed by atoms with Crippen molar-refractivity contribution in [2.24, 2.45) is 4.99 Å². The lowest BCUT2D eigenvalue weighted by Crippen LogP contribution is -2.09. The molecule has 4 nitrogen and oxygen atoms in total. The Balaban J connectivity index is 3.63. The average Bonchev–Trinajstić information content (AvgIpc) is 2.14. The molecule has 0 saturated heterocycles. The fourth-order valence-corrected chi connectivity index (χ4v) is 0.735. The highest BCUT2D eigenvalue weighted by atomic mass is 16.5. The molecule has 0 aromatic rings. The summed E-state index contributed by atoms with van der Waals surface area (Å²) in [5.41, 5.74) is 1.27. The van der Waals surface area contributed by atoms with Gasteiger partial charge in [0.2, 0.25) is 0 Å². The Morgan fingerprint density at radius 1 is 1.50 bits per heavy atom. The van der Waals surface area contributed by atoms with Crippen LogP contribution in [0.4, 0.5) is 0 Å². The van der Waals surface area contributed by atoms with Crippen molar-refractivity contribution in [2.45, 2.75) is 20.3 Å². The third-order valence-electron chi connectivity index (χ3n) is 1.53. The summed E-state index contributed by atoms with van der Waals surface area (Å²) in [7, 11) is 0. The van der Waals surface area contributed by atoms with Gasteiger partial charge in [-0.15, -0.1) is 0 Å². The topological polar surface area (TPSA) is 58.9 Å². The maximum atomic E-state index is 10.9. The molecule has 0 bridgehead atoms. The standard InChI is InChI=1S/C10H17NO3/c1-8(2)10(13)14-7-4-9(3)11-5-6-12/h12H,1,4-7H2,2-3H3. The molecule has 0 aliphatic carbocycles. The Kier molecular flexibility index (Phi) is 6.66. The minimum absolute atomic E-state index is 0.0445. The number of hydrogen-bond donors (Lipinski definition) is 1. The number of esters is 1. The number of ether oxygens (including phenoxy) is 1. The monoisotopic (exact) mass is 199 g/mol. The molecule has 0 amide bonds. The molecule has 0 aromatic heterocycles. The molecule has 4 heteroatoms. The fraction of sp³-hybridized carbons (Fsp3) is 0.600. The van der Waals surface area contributed by atoms with Crippen molar-refractivity contribution in [2.75, 3.05) is 19.8 Å². The van der Waals surface area contributed by atoms with Gasteiger partial charge in [-0.05, 0) is 13.8 Å². The molecule has 0 aliphatic rings. The van der Waals surface area contributed by atoms with Crippen molar-refractivity contribution >= 4 is 11.7 Å². The van der Waals surface area contributed by atoms with E-state index in [0.29, 0.717) is 25.1 Å². The molecule has 0 saturated carbocycles. The highest BCUT2D eigenvalue weighted by molar-refractivity contribution is 5.87. The van der Waals surface area contributed by atoms with Crippen LogP contribution in [0.25, 0.3) is 0 Å². The molecule has 0 heterocycles. The SMILES string of the molecule is C=C(C)C(=O)OCCC(C)=NCCO. The van der Waals surface area contributed by atoms with Crippen molar-refractivity contribution in [1.29, 1.82) is 0 Å². The van der Waals surface area contributed by atoms with Gasteiger partial charge < -0.3 is 9.84 Å². The van der Waals surface area contributed by atoms with Crippen molar-refractivity contribution in [3.8, 4) is 0 Å². The van der Waals surface area contributed by atoms with E-state index < -0.39 is 0 Å². The molecule has 0 unspecified atom stereocenters. The molecular formula is C10H17NO3. The van der Waals surface area contributed by atoms with Crippen molar-refractivity contribution in [3.05, 3.63) is 12.2 Å². The van der Waals surface area contributed by atoms with E-state index >= 15 is 0 Å². The molecule has 0 aromatic carbocycles. The third kappa shape index (κ3) is 6.37. The van der Waals surface area contributed by atoms with Gasteiger partial charge in [0, 0.05) is 17.7 Å². The minimum Gasteiger partial charge on any atom is -0.462 e. The summed E-state index contributed by atoms with van der Waals surface area (Å²) in [6.45, 7) is 7.67. The van der Waals surface area contributed by atoms with Gasteiger partial charge in [-0.25, -0.2) is 4.79 Å². The number of carbonyl (C=O) groups excluding carboxylic acids is 1. The molecule has 0 spiro atoms. The second-order valence-corrected chi connectivity index (χ2v) is 3.01. The van der Waals surface area contributed by atoms with Crippen molar-refractivity contribution in [3.63, 3.8) is 0 Å². The van der Waals surface area contributed by atoms with Crippen LogP contribution in [0.1, 0.15) is 20.3 Å². The number of aliphatic hydroxyl groups is 1. The zero-order valence-corrected chi connectivity index (χ0v) is 8.75. The first-order valence-electron chi connectivity index (χ1n) is 4.51. The molecule has 80 valence electrons. The smallest absolute Gasteiger partial charge is 0.333 e. The van der Waals surface area contributed by atoms with Gasteiger partial charge >= 0.3 is 5.97 Å². The van der Waals surface area contributed by atoms with E-state index in [2.05, 4.69) is 11.6 Å². The molecular weight excluding hydrogens is 182 g/mol. The Bertz CT molecular complexity index is 234. The Labute approximate surface area is 84.3 Å². The van der Waals surface area contributed by atoms with Crippen LogP contribution in [0.2, 0.25) is 0 Å². The summed E-state index contributed by atoms with van der Waals surface area (Å²) in [4.78, 5) is 15.0. The van der Waals surface area contributed by atoms with Crippen LogP contribution < -0.4 is 0 Å². The first-order chi connectivity index (χ1) is 6.57. The Morgan fingerprint density at radius 2 is 2.14 bits per heavy atom. The lowest BCUT2D eigenvalue weighted by atomic mass is 10.3. The number of aliphatic imine (C=N–C) groups is 1. The van der Waals surface area contributed by atoms with Gasteiger partial charge in [0.15, 0.2) is 0 Å². The van der Waals surface area contributed by atoms with E-state index in [0.717, 1.165) is 5.71 Å². The average molecular weight is 199 g/mol. The lowest BCUT2D eigenvalue weighted by Gasteiger charge is -2.03. The van der Waals surface area contributed by atoms with Gasteiger partial charge in [0.1, 0.15) is 0 Å². The van der Waals surface area contributed by atoms with Crippen LogP contribution in [0.5, 0.6) is 0 Å². The van der Waals surface area contributed by atoms with Gasteiger partial charge in [0.05, 0.1) is 19.8 Å². The predicted octanol–water partition coefficient (Wildman–Crippen LogP) is 0.949. The van der Waals surface area contributed by atoms with Gasteiger partial charge in [-0.2, -0.15) is 0 Å². The number of hydrogen-bond acceptors (Lipinski definition) is 4. The van der Waals surface area contributed by atoms with Gasteiger partial charge in [-0.3, -0.25) is 4.99 Å². The minimum atomic E-state index is -0.375. The Hall–Kier alpha value is -1.16. The normalized spacial score (nSPS) is 11.2. The predicted molar refractivity (Wildman–Crippen MR) is 55.5 cm³/mol. The summed E-state index contributed by atoms with van der Waals surface area (Å²) >= 11 is 0. The van der Waals surface area contributed by atoms with Gasteiger partial charge in [-0.1, -0.05) is 6.58 Å². The van der Waals surface area contributed by atoms with Crippen molar-refractivity contribution < 1.29 is 14.6 Å². The molecule has 0 rings (SSSR count). The second-order valence-electron chi connectivity index (χ2n) is 3.01. The summed E-state index contributed by atoms with van der Waals surface area (Å²) in [6, 6.07) is 0. The molecule has 0 atom stereocenters. The van der Waals surface area contributed by atoms with Crippen LogP contribution in [-0.4, -0.2) is 36.5 Å². The highest BCUT2D eigenvalue weighted by Gasteiger charge is 2.02. The van der Waals surface area contributed by atoms with Crippen LogP contribution in [0, 0.1) is 0 Å². The first kappa shape index (κ1) is 12.8. The quantitative estimate of drug-likeness (QED) is 0.393. The summed E-state index contributed by atoms with van der Waals surface area (Å²) < 4.78 is 4.87. The zero-order chi connectivity index (χ0) is 11.0. The lowest BCUT2D eigenvalue weighted by molar-refractivity contribution is -0.138. The second kappa shape index (κ2) is 7.26. The van der Waals surface area contributed by atoms with E-state index in [4.69, 9.17) is 9.84 Å². The highest BCUT2D eigenvalue weighted by Crippen LogP contribution is 1.94. The fourth-order valence-electron chi connectivity index (χ4n) is 0.735. The molecule has 0 radical (unpaired) electrons. The van der Waals surface area contributed by atoms with E-state index in [1.807, 2.05) is 6.92 Å². The zero-order valence-electron chi connectivity index (χ0n) is 8.75.